The number of nitrogens with zero attached hydrogens (tertiary/aromatic N) is 1. The lowest BCUT2D eigenvalue weighted by Crippen LogP contribution is -2.10. The molecular formula is C19H17N5O3S. The fourth-order valence-corrected chi connectivity index (χ4v) is 3.07. The Balaban J connectivity index is 1.60. The van der Waals surface area contributed by atoms with E-state index in [1.54, 1.807) is 48.0 Å². The van der Waals surface area contributed by atoms with Crippen molar-refractivity contribution in [2.75, 3.05) is 10.6 Å². The number of carbonyl (C=O) groups is 3. The lowest BCUT2D eigenvalue weighted by molar-refractivity contribution is -0.114. The molecule has 3 amide bonds. The number of nitrogens with one attached hydrogen (secondary N) is 3. The summed E-state index contributed by atoms with van der Waals surface area (Å²) in [4.78, 5) is 41.3. The van der Waals surface area contributed by atoms with Gasteiger partial charge in [-0.2, -0.15) is 0 Å². The number of amides is 3. The molecule has 0 radical (unpaired) electrons. The van der Waals surface area contributed by atoms with E-state index >= 15 is 0 Å². The topological polar surface area (TPSA) is 130 Å². The minimum absolute atomic E-state index is 0.143. The molecule has 0 saturated carbocycles. The molecular weight excluding hydrogens is 378 g/mol. The van der Waals surface area contributed by atoms with Crippen LogP contribution in [0, 0.1) is 0 Å². The van der Waals surface area contributed by atoms with Gasteiger partial charge >= 0.3 is 0 Å². The van der Waals surface area contributed by atoms with E-state index in [0.29, 0.717) is 27.8 Å². The van der Waals surface area contributed by atoms with E-state index in [1.165, 1.54) is 24.3 Å². The highest BCUT2D eigenvalue weighted by molar-refractivity contribution is 7.14. The molecule has 8 nitrogen and oxygen atoms in total. The van der Waals surface area contributed by atoms with Crippen LogP contribution in [0.25, 0.3) is 17.3 Å². The van der Waals surface area contributed by atoms with Crippen molar-refractivity contribution in [3.05, 3.63) is 59.2 Å². The number of thiazole rings is 1. The molecule has 0 fully saturated rings. The SMILES string of the molecule is CC(=O)Nc1ccc(/C=C/C(=O)Nc2nc(-c3c[nH]c(C(N)=O)c3)cs2)cc1. The van der Waals surface area contributed by atoms with Gasteiger partial charge in [-0.05, 0) is 29.8 Å². The molecule has 3 aromatic rings. The Hall–Kier alpha value is -3.72. The molecule has 2 aromatic heterocycles. The summed E-state index contributed by atoms with van der Waals surface area (Å²) in [5, 5.41) is 7.58. The summed E-state index contributed by atoms with van der Waals surface area (Å²) in [6, 6.07) is 8.69. The fraction of sp³-hybridized carbons (Fsp3) is 0.0526. The Morgan fingerprint density at radius 2 is 1.93 bits per heavy atom. The van der Waals surface area contributed by atoms with Gasteiger partial charge in [-0.3, -0.25) is 19.7 Å². The van der Waals surface area contributed by atoms with Crippen molar-refractivity contribution in [2.24, 2.45) is 5.73 Å². The van der Waals surface area contributed by atoms with Crippen molar-refractivity contribution in [1.82, 2.24) is 9.97 Å². The molecule has 0 saturated heterocycles. The van der Waals surface area contributed by atoms with Crippen LogP contribution in [0.4, 0.5) is 10.8 Å². The Morgan fingerprint density at radius 3 is 2.57 bits per heavy atom. The molecule has 0 aliphatic carbocycles. The second kappa shape index (κ2) is 8.31. The van der Waals surface area contributed by atoms with E-state index in [1.807, 2.05) is 0 Å². The summed E-state index contributed by atoms with van der Waals surface area (Å²) in [5.74, 6) is -1.01. The number of H-pyrrole nitrogens is 1. The summed E-state index contributed by atoms with van der Waals surface area (Å²) in [7, 11) is 0. The van der Waals surface area contributed by atoms with E-state index < -0.39 is 5.91 Å². The quantitative estimate of drug-likeness (QED) is 0.478. The predicted octanol–water partition coefficient (Wildman–Crippen LogP) is 2.85. The first-order valence-corrected chi connectivity index (χ1v) is 9.09. The molecule has 0 aliphatic heterocycles. The van der Waals surface area contributed by atoms with Crippen molar-refractivity contribution in [3.63, 3.8) is 0 Å². The monoisotopic (exact) mass is 395 g/mol. The van der Waals surface area contributed by atoms with E-state index in [2.05, 4.69) is 20.6 Å². The number of rotatable bonds is 6. The zero-order chi connectivity index (χ0) is 20.1. The number of aromatic amines is 1. The first-order chi connectivity index (χ1) is 13.4. The van der Waals surface area contributed by atoms with Gasteiger partial charge in [-0.25, -0.2) is 4.98 Å². The average molecular weight is 395 g/mol. The maximum absolute atomic E-state index is 12.1. The van der Waals surface area contributed by atoms with Gasteiger partial charge in [0.05, 0.1) is 5.69 Å². The van der Waals surface area contributed by atoms with Gasteiger partial charge in [0, 0.05) is 35.8 Å². The van der Waals surface area contributed by atoms with Crippen LogP contribution in [0.15, 0.2) is 48.0 Å². The number of benzene rings is 1. The average Bonchev–Trinajstić information content (AvgIpc) is 3.30. The maximum Gasteiger partial charge on any atom is 0.265 e. The highest BCUT2D eigenvalue weighted by atomic mass is 32.1. The molecule has 5 N–H and O–H groups in total. The summed E-state index contributed by atoms with van der Waals surface area (Å²) < 4.78 is 0. The van der Waals surface area contributed by atoms with Gasteiger partial charge in [0.2, 0.25) is 11.8 Å². The highest BCUT2D eigenvalue weighted by Gasteiger charge is 2.10. The van der Waals surface area contributed by atoms with Crippen molar-refractivity contribution in [3.8, 4) is 11.3 Å². The molecule has 1 aromatic carbocycles. The molecule has 0 spiro atoms. The zero-order valence-corrected chi connectivity index (χ0v) is 15.7. The molecule has 28 heavy (non-hydrogen) atoms. The lowest BCUT2D eigenvalue weighted by atomic mass is 10.2. The molecule has 0 bridgehead atoms. The second-order valence-corrected chi connectivity index (χ2v) is 6.69. The summed E-state index contributed by atoms with van der Waals surface area (Å²) in [6.45, 7) is 1.44. The number of hydrogen-bond donors (Lipinski definition) is 4. The molecule has 0 aliphatic rings. The summed E-state index contributed by atoms with van der Waals surface area (Å²) >= 11 is 1.27. The Bertz CT molecular complexity index is 1050. The number of aromatic nitrogens is 2. The van der Waals surface area contributed by atoms with Gasteiger partial charge in [-0.1, -0.05) is 12.1 Å². The van der Waals surface area contributed by atoms with E-state index in [9.17, 15) is 14.4 Å². The smallest absolute Gasteiger partial charge is 0.265 e. The maximum atomic E-state index is 12.1. The van der Waals surface area contributed by atoms with Crippen molar-refractivity contribution in [1.29, 1.82) is 0 Å². The Labute approximate surface area is 164 Å². The standard InChI is InChI=1S/C19H17N5O3S/c1-11(25)22-14-5-2-12(3-6-14)4-7-17(26)24-19-23-16(10-28-19)13-8-15(18(20)27)21-9-13/h2-10,21H,1H3,(H2,20,27)(H,22,25)(H,23,24,26)/b7-4+. The minimum Gasteiger partial charge on any atom is -0.364 e. The number of nitrogens with two attached hydrogens (primary N) is 1. The van der Waals surface area contributed by atoms with Crippen LogP contribution >= 0.6 is 11.3 Å². The van der Waals surface area contributed by atoms with Crippen LogP contribution in [0.2, 0.25) is 0 Å². The first-order valence-electron chi connectivity index (χ1n) is 8.21. The minimum atomic E-state index is -0.551. The molecule has 142 valence electrons. The van der Waals surface area contributed by atoms with Gasteiger partial charge < -0.3 is 16.0 Å². The van der Waals surface area contributed by atoms with Crippen LogP contribution in [0.3, 0.4) is 0 Å². The largest absolute Gasteiger partial charge is 0.364 e. The van der Waals surface area contributed by atoms with Gasteiger partial charge in [0.15, 0.2) is 5.13 Å². The van der Waals surface area contributed by atoms with E-state index in [-0.39, 0.29) is 11.8 Å². The molecule has 9 heteroatoms. The van der Waals surface area contributed by atoms with Crippen LogP contribution in [0.5, 0.6) is 0 Å². The third-order valence-corrected chi connectivity index (χ3v) is 4.39. The van der Waals surface area contributed by atoms with Gasteiger partial charge in [0.25, 0.3) is 5.91 Å². The first kappa shape index (κ1) is 19.1. The number of anilines is 2. The van der Waals surface area contributed by atoms with E-state index in [4.69, 9.17) is 5.73 Å². The molecule has 0 atom stereocenters. The number of hydrogen-bond acceptors (Lipinski definition) is 5. The number of carbonyl (C=O) groups excluding carboxylic acids is 3. The lowest BCUT2D eigenvalue weighted by Gasteiger charge is -2.01. The van der Waals surface area contributed by atoms with Crippen LogP contribution in [0.1, 0.15) is 23.0 Å². The third kappa shape index (κ3) is 4.92. The van der Waals surface area contributed by atoms with Crippen LogP contribution < -0.4 is 16.4 Å². The third-order valence-electron chi connectivity index (χ3n) is 3.64. The predicted molar refractivity (Wildman–Crippen MR) is 109 cm³/mol. The second-order valence-electron chi connectivity index (χ2n) is 5.83. The highest BCUT2D eigenvalue weighted by Crippen LogP contribution is 2.25. The van der Waals surface area contributed by atoms with Crippen LogP contribution in [-0.4, -0.2) is 27.7 Å². The number of primary amides is 1. The Kier molecular flexibility index (Phi) is 5.66. The van der Waals surface area contributed by atoms with Gasteiger partial charge in [0.1, 0.15) is 5.69 Å². The fourth-order valence-electron chi connectivity index (χ4n) is 2.35. The van der Waals surface area contributed by atoms with Crippen molar-refractivity contribution < 1.29 is 14.4 Å². The van der Waals surface area contributed by atoms with E-state index in [0.717, 1.165) is 5.56 Å². The van der Waals surface area contributed by atoms with Crippen molar-refractivity contribution in [2.45, 2.75) is 6.92 Å². The van der Waals surface area contributed by atoms with Crippen molar-refractivity contribution >= 4 is 46.0 Å². The van der Waals surface area contributed by atoms with Crippen LogP contribution in [-0.2, 0) is 9.59 Å². The van der Waals surface area contributed by atoms with Gasteiger partial charge in [-0.15, -0.1) is 11.3 Å². The molecule has 3 rings (SSSR count). The normalized spacial score (nSPS) is 10.8. The summed E-state index contributed by atoms with van der Waals surface area (Å²) in [5.41, 5.74) is 8.35. The molecule has 2 heterocycles. The zero-order valence-electron chi connectivity index (χ0n) is 14.9. The summed E-state index contributed by atoms with van der Waals surface area (Å²) in [6.07, 6.45) is 4.69. The molecule has 0 unspecified atom stereocenters. The Morgan fingerprint density at radius 1 is 1.18 bits per heavy atom.